The highest BCUT2D eigenvalue weighted by atomic mass is 32.2. The Kier molecular flexibility index (Phi) is 5.06. The van der Waals surface area contributed by atoms with Crippen LogP contribution in [0, 0.1) is 12.8 Å². The van der Waals surface area contributed by atoms with Crippen molar-refractivity contribution in [2.45, 2.75) is 26.3 Å². The Morgan fingerprint density at radius 3 is 2.92 bits per heavy atom. The van der Waals surface area contributed by atoms with E-state index in [2.05, 4.69) is 42.3 Å². The summed E-state index contributed by atoms with van der Waals surface area (Å²) in [6.07, 6.45) is 5.73. The van der Waals surface area contributed by atoms with E-state index in [0.717, 1.165) is 37.2 Å². The van der Waals surface area contributed by atoms with Crippen molar-refractivity contribution in [3.8, 4) is 5.69 Å². The predicted molar refractivity (Wildman–Crippen MR) is 96.0 cm³/mol. The summed E-state index contributed by atoms with van der Waals surface area (Å²) in [5.41, 5.74) is 3.45. The second-order valence-corrected chi connectivity index (χ2v) is 9.16. The number of hydrogen-bond donors (Lipinski definition) is 0. The summed E-state index contributed by atoms with van der Waals surface area (Å²) in [6, 6.07) is 8.27. The lowest BCUT2D eigenvalue weighted by Gasteiger charge is -2.17. The van der Waals surface area contributed by atoms with Gasteiger partial charge < -0.3 is 4.90 Å². The van der Waals surface area contributed by atoms with Crippen LogP contribution in [0.5, 0.6) is 0 Å². The molecule has 0 unspecified atom stereocenters. The highest BCUT2D eigenvalue weighted by molar-refractivity contribution is 7.91. The Hall–Kier alpha value is -1.66. The molecule has 0 spiro atoms. The van der Waals surface area contributed by atoms with Gasteiger partial charge >= 0.3 is 0 Å². The summed E-state index contributed by atoms with van der Waals surface area (Å²) in [4.78, 5) is 2.24. The molecule has 2 heterocycles. The Morgan fingerprint density at radius 2 is 2.21 bits per heavy atom. The number of hydrogen-bond acceptors (Lipinski definition) is 4. The van der Waals surface area contributed by atoms with Gasteiger partial charge in [-0.1, -0.05) is 12.1 Å². The molecule has 1 fully saturated rings. The zero-order valence-electron chi connectivity index (χ0n) is 14.4. The zero-order valence-corrected chi connectivity index (χ0v) is 15.2. The van der Waals surface area contributed by atoms with Crippen LogP contribution in [0.25, 0.3) is 5.69 Å². The van der Waals surface area contributed by atoms with E-state index in [9.17, 15) is 8.42 Å². The first-order valence-corrected chi connectivity index (χ1v) is 10.2. The van der Waals surface area contributed by atoms with E-state index >= 15 is 0 Å². The van der Waals surface area contributed by atoms with Gasteiger partial charge in [-0.25, -0.2) is 13.1 Å². The molecule has 0 bridgehead atoms. The van der Waals surface area contributed by atoms with Crippen LogP contribution in [0.4, 0.5) is 0 Å². The molecule has 1 aromatic heterocycles. The van der Waals surface area contributed by atoms with Crippen molar-refractivity contribution < 1.29 is 8.42 Å². The van der Waals surface area contributed by atoms with E-state index in [1.165, 1.54) is 5.56 Å². The maximum absolute atomic E-state index is 11.5. The molecular formula is C18H25N3O2S. The van der Waals surface area contributed by atoms with E-state index in [1.807, 2.05) is 23.0 Å². The number of rotatable bonds is 6. The molecule has 3 rings (SSSR count). The van der Waals surface area contributed by atoms with E-state index < -0.39 is 9.84 Å². The van der Waals surface area contributed by atoms with Crippen molar-refractivity contribution in [2.75, 3.05) is 25.1 Å². The molecule has 0 radical (unpaired) electrons. The molecule has 130 valence electrons. The molecule has 1 aliphatic rings. The zero-order chi connectivity index (χ0) is 17.2. The van der Waals surface area contributed by atoms with Gasteiger partial charge in [0, 0.05) is 18.3 Å². The second kappa shape index (κ2) is 7.07. The van der Waals surface area contributed by atoms with Gasteiger partial charge in [0.05, 0.1) is 23.4 Å². The van der Waals surface area contributed by atoms with Crippen LogP contribution >= 0.6 is 0 Å². The third-order valence-corrected chi connectivity index (χ3v) is 6.44. The van der Waals surface area contributed by atoms with Gasteiger partial charge in [-0.05, 0) is 57.0 Å². The number of nitrogens with zero attached hydrogens (tertiary/aromatic N) is 3. The van der Waals surface area contributed by atoms with Crippen molar-refractivity contribution in [3.63, 3.8) is 0 Å². The molecule has 24 heavy (non-hydrogen) atoms. The van der Waals surface area contributed by atoms with Gasteiger partial charge in [-0.2, -0.15) is 5.10 Å². The number of benzene rings is 1. The minimum absolute atomic E-state index is 0.326. The fraction of sp³-hybridized carbons (Fsp3) is 0.500. The largest absolute Gasteiger partial charge is 0.302 e. The van der Waals surface area contributed by atoms with Crippen LogP contribution in [0.3, 0.4) is 0 Å². The quantitative estimate of drug-likeness (QED) is 0.805. The van der Waals surface area contributed by atoms with Crippen molar-refractivity contribution in [1.29, 1.82) is 0 Å². The van der Waals surface area contributed by atoms with Gasteiger partial charge in [0.15, 0.2) is 9.84 Å². The lowest BCUT2D eigenvalue weighted by molar-refractivity contribution is 0.300. The SMILES string of the molecule is Cc1cccc(-n2cc(CN(C)CC[C@H]3CCS(=O)(=O)C3)cn2)c1. The molecule has 0 saturated carbocycles. The van der Waals surface area contributed by atoms with Gasteiger partial charge in [-0.15, -0.1) is 0 Å². The van der Waals surface area contributed by atoms with Crippen LogP contribution in [0.2, 0.25) is 0 Å². The Morgan fingerprint density at radius 1 is 1.38 bits per heavy atom. The van der Waals surface area contributed by atoms with Crippen LogP contribution in [-0.2, 0) is 16.4 Å². The maximum atomic E-state index is 11.5. The van der Waals surface area contributed by atoms with E-state index in [4.69, 9.17) is 0 Å². The maximum Gasteiger partial charge on any atom is 0.150 e. The first-order valence-electron chi connectivity index (χ1n) is 8.41. The highest BCUT2D eigenvalue weighted by Gasteiger charge is 2.27. The molecule has 5 nitrogen and oxygen atoms in total. The third kappa shape index (κ3) is 4.45. The molecule has 6 heteroatoms. The molecule has 0 aliphatic carbocycles. The minimum atomic E-state index is -2.76. The number of sulfone groups is 1. The summed E-state index contributed by atoms with van der Waals surface area (Å²) in [6.45, 7) is 3.81. The topological polar surface area (TPSA) is 55.2 Å². The fourth-order valence-electron chi connectivity index (χ4n) is 3.25. The number of aromatic nitrogens is 2. The standard InChI is InChI=1S/C18H25N3O2S/c1-15-4-3-5-18(10-15)21-13-17(11-19-21)12-20(2)8-6-16-7-9-24(22,23)14-16/h3-5,10-11,13,16H,6-9,12,14H2,1-2H3/t16-/m0/s1. The van der Waals surface area contributed by atoms with Crippen molar-refractivity contribution in [3.05, 3.63) is 47.8 Å². The molecule has 1 atom stereocenters. The molecule has 2 aromatic rings. The first-order chi connectivity index (χ1) is 11.4. The van der Waals surface area contributed by atoms with Crippen molar-refractivity contribution in [1.82, 2.24) is 14.7 Å². The smallest absolute Gasteiger partial charge is 0.150 e. The van der Waals surface area contributed by atoms with Crippen LogP contribution in [0.15, 0.2) is 36.7 Å². The van der Waals surface area contributed by atoms with Crippen molar-refractivity contribution in [2.24, 2.45) is 5.92 Å². The normalized spacial score (nSPS) is 19.9. The highest BCUT2D eigenvalue weighted by Crippen LogP contribution is 2.22. The summed E-state index contributed by atoms with van der Waals surface area (Å²) in [5.74, 6) is 1.06. The van der Waals surface area contributed by atoms with Gasteiger partial charge in [0.2, 0.25) is 0 Å². The van der Waals surface area contributed by atoms with E-state index in [0.29, 0.717) is 17.4 Å². The fourth-order valence-corrected chi connectivity index (χ4v) is 5.16. The summed E-state index contributed by atoms with van der Waals surface area (Å²) in [5, 5.41) is 4.45. The van der Waals surface area contributed by atoms with Crippen molar-refractivity contribution >= 4 is 9.84 Å². The van der Waals surface area contributed by atoms with E-state index in [-0.39, 0.29) is 0 Å². The summed E-state index contributed by atoms with van der Waals surface area (Å²) in [7, 11) is -0.688. The lowest BCUT2D eigenvalue weighted by Crippen LogP contribution is -2.21. The molecule has 1 aromatic carbocycles. The molecular weight excluding hydrogens is 322 g/mol. The molecule has 0 amide bonds. The lowest BCUT2D eigenvalue weighted by atomic mass is 10.1. The molecule has 1 aliphatic heterocycles. The molecule has 1 saturated heterocycles. The molecule has 0 N–H and O–H groups in total. The summed E-state index contributed by atoms with van der Waals surface area (Å²) < 4.78 is 24.9. The Labute approximate surface area is 144 Å². The number of aryl methyl sites for hydroxylation is 1. The second-order valence-electron chi connectivity index (χ2n) is 6.93. The third-order valence-electron chi connectivity index (χ3n) is 4.60. The van der Waals surface area contributed by atoms with Gasteiger partial charge in [-0.3, -0.25) is 0 Å². The first kappa shape index (κ1) is 17.2. The van der Waals surface area contributed by atoms with Crippen LogP contribution in [-0.4, -0.2) is 48.2 Å². The van der Waals surface area contributed by atoms with Crippen LogP contribution < -0.4 is 0 Å². The minimum Gasteiger partial charge on any atom is -0.302 e. The van der Waals surface area contributed by atoms with Crippen LogP contribution in [0.1, 0.15) is 24.0 Å². The summed E-state index contributed by atoms with van der Waals surface area (Å²) >= 11 is 0. The monoisotopic (exact) mass is 347 g/mol. The Bertz CT molecular complexity index is 798. The average molecular weight is 347 g/mol. The van der Waals surface area contributed by atoms with Gasteiger partial charge in [0.25, 0.3) is 0 Å². The van der Waals surface area contributed by atoms with Gasteiger partial charge in [0.1, 0.15) is 0 Å². The predicted octanol–water partition coefficient (Wildman–Crippen LogP) is 2.44. The average Bonchev–Trinajstić information content (AvgIpc) is 3.11. The van der Waals surface area contributed by atoms with E-state index in [1.54, 1.807) is 0 Å². The Balaban J connectivity index is 1.53.